The van der Waals surface area contributed by atoms with E-state index >= 15 is 0 Å². The maximum Gasteiger partial charge on any atom is 0.0636 e. The van der Waals surface area contributed by atoms with Crippen molar-refractivity contribution in [2.24, 2.45) is 0 Å². The van der Waals surface area contributed by atoms with Gasteiger partial charge in [0.05, 0.1) is 7.11 Å². The van der Waals surface area contributed by atoms with Crippen molar-refractivity contribution in [3.05, 3.63) is 12.3 Å². The molecule has 0 rings (SSSR count). The summed E-state index contributed by atoms with van der Waals surface area (Å²) in [6.45, 7) is 5.33. The van der Waals surface area contributed by atoms with E-state index in [0.717, 1.165) is 5.70 Å². The van der Waals surface area contributed by atoms with Gasteiger partial charge in [0, 0.05) is 5.70 Å². The third-order valence-electron chi connectivity index (χ3n) is 0.276. The summed E-state index contributed by atoms with van der Waals surface area (Å²) in [5.74, 6) is 0. The lowest BCUT2D eigenvalue weighted by molar-refractivity contribution is 0.118. The molecule has 0 aromatic heterocycles. The minimum absolute atomic E-state index is 0.817. The van der Waals surface area contributed by atoms with Crippen LogP contribution in [0.5, 0.6) is 0 Å². The Labute approximate surface area is 37.8 Å². The van der Waals surface area contributed by atoms with Gasteiger partial charge in [0.2, 0.25) is 0 Å². The summed E-state index contributed by atoms with van der Waals surface area (Å²) in [4.78, 5) is 4.45. The highest BCUT2D eigenvalue weighted by molar-refractivity contribution is 4.78. The van der Waals surface area contributed by atoms with Gasteiger partial charge in [-0.15, -0.1) is 0 Å². The fourth-order valence-corrected chi connectivity index (χ4v) is 0.174. The molecule has 0 spiro atoms. The molecule has 0 aromatic carbocycles. The van der Waals surface area contributed by atoms with E-state index in [0.29, 0.717) is 0 Å². The van der Waals surface area contributed by atoms with E-state index in [4.69, 9.17) is 0 Å². The van der Waals surface area contributed by atoms with Crippen molar-refractivity contribution < 1.29 is 4.84 Å². The Hall–Kier alpha value is -0.500. The normalized spacial score (nSPS) is 7.67. The van der Waals surface area contributed by atoms with Gasteiger partial charge in [-0.3, -0.25) is 10.3 Å². The number of hydrogen-bond donors (Lipinski definition) is 1. The SMILES string of the molecule is C=C(C)NOC. The quantitative estimate of drug-likeness (QED) is 0.500. The zero-order valence-electron chi connectivity index (χ0n) is 4.12. The van der Waals surface area contributed by atoms with Crippen LogP contribution >= 0.6 is 0 Å². The van der Waals surface area contributed by atoms with Crippen LogP contribution in [0.2, 0.25) is 0 Å². The van der Waals surface area contributed by atoms with Gasteiger partial charge in [-0.05, 0) is 6.92 Å². The first-order valence-corrected chi connectivity index (χ1v) is 1.72. The molecule has 0 saturated heterocycles. The highest BCUT2D eigenvalue weighted by atomic mass is 16.6. The molecule has 0 aliphatic rings. The number of hydrogen-bond acceptors (Lipinski definition) is 2. The third-order valence-corrected chi connectivity index (χ3v) is 0.276. The molecule has 0 aliphatic carbocycles. The van der Waals surface area contributed by atoms with Gasteiger partial charge in [-0.2, -0.15) is 0 Å². The number of allylic oxidation sites excluding steroid dienone is 1. The van der Waals surface area contributed by atoms with Gasteiger partial charge in [-0.25, -0.2) is 0 Å². The third kappa shape index (κ3) is 3.50. The van der Waals surface area contributed by atoms with Crippen LogP contribution in [-0.2, 0) is 4.84 Å². The molecule has 2 nitrogen and oxygen atoms in total. The van der Waals surface area contributed by atoms with Gasteiger partial charge in [0.1, 0.15) is 0 Å². The molecule has 0 heterocycles. The zero-order chi connectivity index (χ0) is 4.99. The molecule has 0 atom stereocenters. The van der Waals surface area contributed by atoms with Crippen LogP contribution in [0.3, 0.4) is 0 Å². The Kier molecular flexibility index (Phi) is 2.50. The van der Waals surface area contributed by atoms with Crippen molar-refractivity contribution in [2.75, 3.05) is 7.11 Å². The van der Waals surface area contributed by atoms with Crippen LogP contribution in [-0.4, -0.2) is 7.11 Å². The van der Waals surface area contributed by atoms with Crippen molar-refractivity contribution in [1.82, 2.24) is 5.48 Å². The molecule has 0 radical (unpaired) electrons. The zero-order valence-corrected chi connectivity index (χ0v) is 4.12. The fraction of sp³-hybridized carbons (Fsp3) is 0.500. The first-order chi connectivity index (χ1) is 2.77. The minimum Gasteiger partial charge on any atom is -0.280 e. The van der Waals surface area contributed by atoms with Crippen molar-refractivity contribution in [3.63, 3.8) is 0 Å². The lowest BCUT2D eigenvalue weighted by Gasteiger charge is -1.95. The Morgan fingerprint density at radius 2 is 2.33 bits per heavy atom. The number of hydroxylamine groups is 1. The molecule has 0 saturated carbocycles. The molecule has 0 bridgehead atoms. The average Bonchev–Trinajstić information content (AvgIpc) is 1.35. The lowest BCUT2D eigenvalue weighted by atomic mass is 10.6. The monoisotopic (exact) mass is 87.1 g/mol. The van der Waals surface area contributed by atoms with E-state index in [1.54, 1.807) is 7.11 Å². The molecule has 6 heavy (non-hydrogen) atoms. The molecule has 0 aliphatic heterocycles. The van der Waals surface area contributed by atoms with Crippen LogP contribution in [0, 0.1) is 0 Å². The smallest absolute Gasteiger partial charge is 0.0636 e. The van der Waals surface area contributed by atoms with Gasteiger partial charge in [0.25, 0.3) is 0 Å². The topological polar surface area (TPSA) is 21.3 Å². The Morgan fingerprint density at radius 3 is 2.33 bits per heavy atom. The predicted octanol–water partition coefficient (Wildman–Crippen LogP) is 0.671. The highest BCUT2D eigenvalue weighted by Crippen LogP contribution is 1.72. The molecule has 2 heteroatoms. The molecular weight excluding hydrogens is 78.0 g/mol. The molecule has 1 N–H and O–H groups in total. The first kappa shape index (κ1) is 5.50. The predicted molar refractivity (Wildman–Crippen MR) is 25.0 cm³/mol. The second-order valence-electron chi connectivity index (χ2n) is 1.09. The summed E-state index contributed by atoms with van der Waals surface area (Å²) in [5.41, 5.74) is 3.33. The summed E-state index contributed by atoms with van der Waals surface area (Å²) in [5, 5.41) is 0. The van der Waals surface area contributed by atoms with E-state index in [-0.39, 0.29) is 0 Å². The summed E-state index contributed by atoms with van der Waals surface area (Å²) >= 11 is 0. The maximum absolute atomic E-state index is 4.45. The van der Waals surface area contributed by atoms with Crippen molar-refractivity contribution in [1.29, 1.82) is 0 Å². The summed E-state index contributed by atoms with van der Waals surface area (Å²) in [6, 6.07) is 0. The number of rotatable bonds is 2. The number of nitrogens with one attached hydrogen (secondary N) is 1. The first-order valence-electron chi connectivity index (χ1n) is 1.72. The van der Waals surface area contributed by atoms with Crippen LogP contribution in [0.15, 0.2) is 12.3 Å². The molecule has 36 valence electrons. The minimum atomic E-state index is 0.817. The van der Waals surface area contributed by atoms with E-state index in [1.807, 2.05) is 6.92 Å². The maximum atomic E-state index is 4.45. The molecule has 0 aromatic rings. The van der Waals surface area contributed by atoms with Crippen molar-refractivity contribution >= 4 is 0 Å². The fourth-order valence-electron chi connectivity index (χ4n) is 0.174. The second kappa shape index (κ2) is 2.72. The van der Waals surface area contributed by atoms with Crippen LogP contribution in [0.25, 0.3) is 0 Å². The molecule has 0 fully saturated rings. The van der Waals surface area contributed by atoms with Gasteiger partial charge < -0.3 is 0 Å². The van der Waals surface area contributed by atoms with Gasteiger partial charge in [-0.1, -0.05) is 6.58 Å². The van der Waals surface area contributed by atoms with Crippen LogP contribution in [0.1, 0.15) is 6.92 Å². The highest BCUT2D eigenvalue weighted by Gasteiger charge is 1.70. The van der Waals surface area contributed by atoms with E-state index in [2.05, 4.69) is 16.9 Å². The van der Waals surface area contributed by atoms with Crippen LogP contribution in [0.4, 0.5) is 0 Å². The van der Waals surface area contributed by atoms with E-state index in [1.165, 1.54) is 0 Å². The molecule has 0 amide bonds. The second-order valence-corrected chi connectivity index (χ2v) is 1.09. The van der Waals surface area contributed by atoms with E-state index < -0.39 is 0 Å². The van der Waals surface area contributed by atoms with Crippen LogP contribution < -0.4 is 5.48 Å². The summed E-state index contributed by atoms with van der Waals surface area (Å²) in [6.07, 6.45) is 0. The van der Waals surface area contributed by atoms with Crippen molar-refractivity contribution in [3.8, 4) is 0 Å². The largest absolute Gasteiger partial charge is 0.280 e. The van der Waals surface area contributed by atoms with Gasteiger partial charge >= 0.3 is 0 Å². The average molecular weight is 87.1 g/mol. The Balaban J connectivity index is 2.83. The standard InChI is InChI=1S/C4H9NO/c1-4(2)5-6-3/h5H,1H2,2-3H3. The van der Waals surface area contributed by atoms with E-state index in [9.17, 15) is 0 Å². The molecule has 0 unspecified atom stereocenters. The summed E-state index contributed by atoms with van der Waals surface area (Å²) < 4.78 is 0. The Bertz CT molecular complexity index is 51.5. The van der Waals surface area contributed by atoms with Gasteiger partial charge in [0.15, 0.2) is 0 Å². The van der Waals surface area contributed by atoms with Crippen molar-refractivity contribution in [2.45, 2.75) is 6.92 Å². The lowest BCUT2D eigenvalue weighted by Crippen LogP contribution is -2.05. The molecular formula is C4H9NO. The Morgan fingerprint density at radius 1 is 1.83 bits per heavy atom. The summed E-state index contributed by atoms with van der Waals surface area (Å²) in [7, 11) is 1.55.